The van der Waals surface area contributed by atoms with Crippen molar-refractivity contribution in [2.24, 2.45) is 0 Å². The van der Waals surface area contributed by atoms with Crippen molar-refractivity contribution in [1.29, 1.82) is 0 Å². The van der Waals surface area contributed by atoms with E-state index < -0.39 is 0 Å². The van der Waals surface area contributed by atoms with E-state index in [-0.39, 0.29) is 11.8 Å². The molecule has 3 nitrogen and oxygen atoms in total. The van der Waals surface area contributed by atoms with Gasteiger partial charge in [0.15, 0.2) is 5.78 Å². The third-order valence-electron chi connectivity index (χ3n) is 2.78. The van der Waals surface area contributed by atoms with Gasteiger partial charge in [0.1, 0.15) is 0 Å². The minimum absolute atomic E-state index is 0.138. The third kappa shape index (κ3) is 4.55. The summed E-state index contributed by atoms with van der Waals surface area (Å²) in [6.07, 6.45) is 6.52. The van der Waals surface area contributed by atoms with Gasteiger partial charge in [-0.25, -0.2) is 4.79 Å². The second-order valence-electron chi connectivity index (χ2n) is 4.31. The first kappa shape index (κ1) is 13.7. The Morgan fingerprint density at radius 1 is 1.53 bits per heavy atom. The quantitative estimate of drug-likeness (QED) is 0.404. The molecule has 17 heavy (non-hydrogen) atoms. The number of hydrogen-bond donors (Lipinski definition) is 0. The van der Waals surface area contributed by atoms with Gasteiger partial charge in [-0.1, -0.05) is 26.0 Å². The second kappa shape index (κ2) is 7.05. The fourth-order valence-electron chi connectivity index (χ4n) is 1.70. The minimum Gasteiger partial charge on any atom is -0.462 e. The molecule has 3 heteroatoms. The number of allylic oxidation sites excluding steroid dienone is 2. The highest BCUT2D eigenvalue weighted by Gasteiger charge is 2.17. The first-order valence-electron chi connectivity index (χ1n) is 6.22. The summed E-state index contributed by atoms with van der Waals surface area (Å²) in [5.41, 5.74) is 1.09. The molecular formula is C14H20O3. The molecule has 0 fully saturated rings. The van der Waals surface area contributed by atoms with E-state index in [1.165, 1.54) is 0 Å². The van der Waals surface area contributed by atoms with Crippen molar-refractivity contribution in [3.8, 4) is 0 Å². The topological polar surface area (TPSA) is 43.4 Å². The normalized spacial score (nSPS) is 15.4. The first-order chi connectivity index (χ1) is 8.15. The van der Waals surface area contributed by atoms with Crippen molar-refractivity contribution in [2.45, 2.75) is 45.4 Å². The van der Waals surface area contributed by atoms with Crippen LogP contribution in [0.1, 0.15) is 45.4 Å². The largest absolute Gasteiger partial charge is 0.462 e. The highest BCUT2D eigenvalue weighted by atomic mass is 16.5. The smallest absolute Gasteiger partial charge is 0.333 e. The molecule has 0 saturated carbocycles. The van der Waals surface area contributed by atoms with Crippen LogP contribution in [0.15, 0.2) is 23.8 Å². The van der Waals surface area contributed by atoms with E-state index in [1.807, 2.05) is 13.0 Å². The van der Waals surface area contributed by atoms with Crippen LogP contribution in [0.3, 0.4) is 0 Å². The Labute approximate surface area is 103 Å². The lowest BCUT2D eigenvalue weighted by Gasteiger charge is -2.12. The molecule has 0 aromatic rings. The minimum atomic E-state index is -0.377. The molecule has 94 valence electrons. The molecule has 0 unspecified atom stereocenters. The van der Waals surface area contributed by atoms with Gasteiger partial charge < -0.3 is 4.74 Å². The predicted molar refractivity (Wildman–Crippen MR) is 66.6 cm³/mol. The van der Waals surface area contributed by atoms with Gasteiger partial charge in [0, 0.05) is 18.4 Å². The lowest BCUT2D eigenvalue weighted by Crippen LogP contribution is -2.13. The number of esters is 1. The molecule has 1 rings (SSSR count). The van der Waals surface area contributed by atoms with Crippen LogP contribution in [-0.2, 0) is 14.3 Å². The van der Waals surface area contributed by atoms with Gasteiger partial charge in [0.25, 0.3) is 0 Å². The number of Topliss-reactive ketones (excluding diaryl/α,β-unsaturated/α-hetero) is 1. The van der Waals surface area contributed by atoms with Crippen LogP contribution in [0.2, 0.25) is 0 Å². The van der Waals surface area contributed by atoms with Gasteiger partial charge in [0.05, 0.1) is 6.61 Å². The van der Waals surface area contributed by atoms with E-state index in [9.17, 15) is 9.59 Å². The number of carbonyl (C=O) groups is 2. The summed E-state index contributed by atoms with van der Waals surface area (Å²) in [5.74, 6) is -0.239. The van der Waals surface area contributed by atoms with Gasteiger partial charge >= 0.3 is 5.97 Å². The van der Waals surface area contributed by atoms with Gasteiger partial charge in [-0.05, 0) is 24.8 Å². The molecule has 0 heterocycles. The van der Waals surface area contributed by atoms with E-state index in [4.69, 9.17) is 4.74 Å². The monoisotopic (exact) mass is 236 g/mol. The summed E-state index contributed by atoms with van der Waals surface area (Å²) in [6, 6.07) is 0. The van der Waals surface area contributed by atoms with Crippen molar-refractivity contribution in [1.82, 2.24) is 0 Å². The molecular weight excluding hydrogens is 216 g/mol. The summed E-state index contributed by atoms with van der Waals surface area (Å²) in [5, 5.41) is 0. The Balaban J connectivity index is 2.40. The summed E-state index contributed by atoms with van der Waals surface area (Å²) in [7, 11) is 0. The zero-order valence-corrected chi connectivity index (χ0v) is 10.5. The molecule has 0 atom stereocenters. The lowest BCUT2D eigenvalue weighted by molar-refractivity contribution is -0.139. The van der Waals surface area contributed by atoms with Crippen LogP contribution in [0.4, 0.5) is 0 Å². The standard InChI is InChI=1S/C14H20O3/c1-3-4-9-17-14(16)11(2)10-12-7-5-6-8-13(12)15/h7H,2-6,8-10H2,1H3. The zero-order chi connectivity index (χ0) is 12.7. The van der Waals surface area contributed by atoms with Gasteiger partial charge in [-0.3, -0.25) is 4.79 Å². The van der Waals surface area contributed by atoms with Crippen LogP contribution in [0, 0.1) is 0 Å². The van der Waals surface area contributed by atoms with E-state index in [0.29, 0.717) is 30.6 Å². The molecule has 0 aromatic carbocycles. The van der Waals surface area contributed by atoms with Gasteiger partial charge in [0.2, 0.25) is 0 Å². The second-order valence-corrected chi connectivity index (χ2v) is 4.31. The van der Waals surface area contributed by atoms with Crippen LogP contribution in [-0.4, -0.2) is 18.4 Å². The lowest BCUT2D eigenvalue weighted by atomic mass is 9.93. The molecule has 0 bridgehead atoms. The van der Waals surface area contributed by atoms with E-state index in [1.54, 1.807) is 0 Å². The van der Waals surface area contributed by atoms with Gasteiger partial charge in [-0.15, -0.1) is 0 Å². The number of carbonyl (C=O) groups excluding carboxylic acids is 2. The average Bonchev–Trinajstić information content (AvgIpc) is 2.32. The number of ether oxygens (including phenoxy) is 1. The Morgan fingerprint density at radius 2 is 2.29 bits per heavy atom. The molecule has 0 N–H and O–H groups in total. The molecule has 0 spiro atoms. The average molecular weight is 236 g/mol. The predicted octanol–water partition coefficient (Wildman–Crippen LogP) is 2.96. The maximum absolute atomic E-state index is 11.6. The van der Waals surface area contributed by atoms with Crippen LogP contribution < -0.4 is 0 Å². The summed E-state index contributed by atoms with van der Waals surface area (Å²) in [6.45, 7) is 6.16. The summed E-state index contributed by atoms with van der Waals surface area (Å²) in [4.78, 5) is 23.1. The summed E-state index contributed by atoms with van der Waals surface area (Å²) < 4.78 is 5.04. The molecule has 0 aromatic heterocycles. The number of ketones is 1. The number of hydrogen-bond acceptors (Lipinski definition) is 3. The van der Waals surface area contributed by atoms with Crippen molar-refractivity contribution in [2.75, 3.05) is 6.61 Å². The molecule has 0 amide bonds. The zero-order valence-electron chi connectivity index (χ0n) is 10.5. The highest BCUT2D eigenvalue weighted by Crippen LogP contribution is 2.20. The maximum Gasteiger partial charge on any atom is 0.333 e. The van der Waals surface area contributed by atoms with E-state index in [0.717, 1.165) is 25.7 Å². The van der Waals surface area contributed by atoms with Crippen LogP contribution in [0.25, 0.3) is 0 Å². The Kier molecular flexibility index (Phi) is 5.67. The number of unbranched alkanes of at least 4 members (excludes halogenated alkanes) is 1. The van der Waals surface area contributed by atoms with Crippen LogP contribution >= 0.6 is 0 Å². The fraction of sp³-hybridized carbons (Fsp3) is 0.571. The van der Waals surface area contributed by atoms with Crippen molar-refractivity contribution in [3.05, 3.63) is 23.8 Å². The molecule has 0 radical (unpaired) electrons. The Morgan fingerprint density at radius 3 is 2.94 bits per heavy atom. The Hall–Kier alpha value is -1.38. The summed E-state index contributed by atoms with van der Waals surface area (Å²) >= 11 is 0. The highest BCUT2D eigenvalue weighted by molar-refractivity contribution is 5.99. The fourth-order valence-corrected chi connectivity index (χ4v) is 1.70. The molecule has 0 saturated heterocycles. The molecule has 0 aliphatic heterocycles. The maximum atomic E-state index is 11.6. The Bertz CT molecular complexity index is 339. The van der Waals surface area contributed by atoms with E-state index >= 15 is 0 Å². The van der Waals surface area contributed by atoms with Gasteiger partial charge in [-0.2, -0.15) is 0 Å². The SMILES string of the molecule is C=C(CC1=CCCCC1=O)C(=O)OCCCC. The first-order valence-corrected chi connectivity index (χ1v) is 6.22. The van der Waals surface area contributed by atoms with Crippen molar-refractivity contribution >= 4 is 11.8 Å². The van der Waals surface area contributed by atoms with Crippen LogP contribution in [0.5, 0.6) is 0 Å². The van der Waals surface area contributed by atoms with Crippen molar-refractivity contribution < 1.29 is 14.3 Å². The molecule has 1 aliphatic carbocycles. The van der Waals surface area contributed by atoms with Crippen molar-refractivity contribution in [3.63, 3.8) is 0 Å². The van der Waals surface area contributed by atoms with E-state index in [2.05, 4.69) is 6.58 Å². The molecule has 1 aliphatic rings. The number of rotatable bonds is 6. The third-order valence-corrected chi connectivity index (χ3v) is 2.78.